The number of carbonyl (C=O) groups excluding carboxylic acids is 1. The summed E-state index contributed by atoms with van der Waals surface area (Å²) in [5.41, 5.74) is 2.37. The molecule has 152 valence electrons. The van der Waals surface area contributed by atoms with Gasteiger partial charge in [0.15, 0.2) is 5.13 Å². The van der Waals surface area contributed by atoms with Crippen LogP contribution in [0.25, 0.3) is 0 Å². The van der Waals surface area contributed by atoms with E-state index in [1.165, 1.54) is 11.3 Å². The highest BCUT2D eigenvalue weighted by atomic mass is 32.1. The number of rotatable bonds is 7. The first-order valence-electron chi connectivity index (χ1n) is 9.85. The maximum atomic E-state index is 12.4. The van der Waals surface area contributed by atoms with E-state index in [1.54, 1.807) is 5.38 Å². The fraction of sp³-hybridized carbons (Fsp3) is 0.273. The van der Waals surface area contributed by atoms with Gasteiger partial charge >= 0.3 is 0 Å². The van der Waals surface area contributed by atoms with E-state index in [0.717, 1.165) is 30.6 Å². The normalized spacial score (nSPS) is 16.2. The van der Waals surface area contributed by atoms with E-state index in [-0.39, 0.29) is 11.9 Å². The molecule has 7 nitrogen and oxygen atoms in total. The number of pyridine rings is 1. The zero-order chi connectivity index (χ0) is 20.8. The summed E-state index contributed by atoms with van der Waals surface area (Å²) in [6.07, 6.45) is 2.07. The minimum Gasteiger partial charge on any atom is -0.347 e. The Morgan fingerprint density at radius 3 is 2.90 bits per heavy atom. The molecule has 1 fully saturated rings. The second-order valence-electron chi connectivity index (χ2n) is 7.07. The standard InChI is InChI=1S/C22H22N6OS/c23-11-13-28-12-5-9-19(28)17-8-4-10-20(25-17)27-22-26-18(15-30-22)21(29)24-14-16-6-2-1-3-7-16/h1-4,6-8,10,15,19H,5,9,12-14H2,(H,24,29)(H,25,26,27). The third-order valence-electron chi connectivity index (χ3n) is 5.02. The van der Waals surface area contributed by atoms with Crippen LogP contribution in [0.1, 0.15) is 40.6 Å². The van der Waals surface area contributed by atoms with E-state index in [0.29, 0.717) is 29.7 Å². The van der Waals surface area contributed by atoms with Crippen LogP contribution in [0.2, 0.25) is 0 Å². The molecule has 0 saturated carbocycles. The molecule has 3 aromatic rings. The molecule has 1 atom stereocenters. The van der Waals surface area contributed by atoms with Crippen molar-refractivity contribution in [2.24, 2.45) is 0 Å². The van der Waals surface area contributed by atoms with Crippen molar-refractivity contribution in [3.05, 3.63) is 70.9 Å². The quantitative estimate of drug-likeness (QED) is 0.566. The van der Waals surface area contributed by atoms with Crippen LogP contribution in [0.5, 0.6) is 0 Å². The Labute approximate surface area is 179 Å². The first-order chi connectivity index (χ1) is 14.7. The molecule has 2 aromatic heterocycles. The van der Waals surface area contributed by atoms with Crippen LogP contribution >= 0.6 is 11.3 Å². The van der Waals surface area contributed by atoms with Gasteiger partial charge in [0.05, 0.1) is 24.3 Å². The molecule has 1 amide bonds. The van der Waals surface area contributed by atoms with Crippen molar-refractivity contribution in [1.82, 2.24) is 20.2 Å². The second kappa shape index (κ2) is 9.48. The molecule has 0 aliphatic carbocycles. The van der Waals surface area contributed by atoms with Crippen LogP contribution in [0.4, 0.5) is 10.9 Å². The predicted molar refractivity (Wildman–Crippen MR) is 116 cm³/mol. The number of nitriles is 1. The summed E-state index contributed by atoms with van der Waals surface area (Å²) in [6.45, 7) is 1.80. The summed E-state index contributed by atoms with van der Waals surface area (Å²) in [5.74, 6) is 0.477. The number of benzene rings is 1. The predicted octanol–water partition coefficient (Wildman–Crippen LogP) is 3.87. The lowest BCUT2D eigenvalue weighted by molar-refractivity contribution is 0.0946. The van der Waals surface area contributed by atoms with Gasteiger partial charge in [-0.3, -0.25) is 9.69 Å². The highest BCUT2D eigenvalue weighted by Crippen LogP contribution is 2.31. The number of nitrogens with one attached hydrogen (secondary N) is 2. The molecule has 0 spiro atoms. The van der Waals surface area contributed by atoms with E-state index < -0.39 is 0 Å². The number of nitrogens with zero attached hydrogens (tertiary/aromatic N) is 4. The lowest BCUT2D eigenvalue weighted by Gasteiger charge is -2.21. The molecule has 1 aliphatic rings. The molecule has 1 aromatic carbocycles. The van der Waals surface area contributed by atoms with Crippen LogP contribution < -0.4 is 10.6 Å². The van der Waals surface area contributed by atoms with Crippen molar-refractivity contribution in [3.63, 3.8) is 0 Å². The Balaban J connectivity index is 1.39. The van der Waals surface area contributed by atoms with Crippen molar-refractivity contribution in [2.45, 2.75) is 25.4 Å². The van der Waals surface area contributed by atoms with Gasteiger partial charge in [0.1, 0.15) is 11.5 Å². The van der Waals surface area contributed by atoms with Gasteiger partial charge in [-0.05, 0) is 37.1 Å². The fourth-order valence-corrected chi connectivity index (χ4v) is 4.26. The molecule has 2 N–H and O–H groups in total. The molecule has 0 bridgehead atoms. The first kappa shape index (κ1) is 20.0. The van der Waals surface area contributed by atoms with Gasteiger partial charge in [-0.25, -0.2) is 9.97 Å². The number of thiazole rings is 1. The lowest BCUT2D eigenvalue weighted by Crippen LogP contribution is -2.24. The Hall–Kier alpha value is -3.28. The molecule has 3 heterocycles. The van der Waals surface area contributed by atoms with Crippen LogP contribution in [0.15, 0.2) is 53.9 Å². The number of anilines is 2. The molecule has 30 heavy (non-hydrogen) atoms. The van der Waals surface area contributed by atoms with Gasteiger partial charge in [0, 0.05) is 11.9 Å². The Bertz CT molecular complexity index is 1050. The third kappa shape index (κ3) is 4.82. The van der Waals surface area contributed by atoms with Crippen molar-refractivity contribution < 1.29 is 4.79 Å². The fourth-order valence-electron chi connectivity index (χ4n) is 3.56. The second-order valence-corrected chi connectivity index (χ2v) is 7.92. The van der Waals surface area contributed by atoms with Crippen LogP contribution in [0, 0.1) is 11.3 Å². The van der Waals surface area contributed by atoms with Gasteiger partial charge < -0.3 is 10.6 Å². The van der Waals surface area contributed by atoms with E-state index in [2.05, 4.69) is 26.6 Å². The highest BCUT2D eigenvalue weighted by molar-refractivity contribution is 7.14. The summed E-state index contributed by atoms with van der Waals surface area (Å²) in [5, 5.41) is 17.5. The van der Waals surface area contributed by atoms with Crippen LogP contribution in [0.3, 0.4) is 0 Å². The van der Waals surface area contributed by atoms with Gasteiger partial charge in [-0.2, -0.15) is 5.26 Å². The topological polar surface area (TPSA) is 93.9 Å². The average molecular weight is 419 g/mol. The molecule has 1 unspecified atom stereocenters. The third-order valence-corrected chi connectivity index (χ3v) is 5.77. The molecular formula is C22H22N6OS. The highest BCUT2D eigenvalue weighted by Gasteiger charge is 2.26. The summed E-state index contributed by atoms with van der Waals surface area (Å²) in [6, 6.07) is 18.0. The molecule has 0 radical (unpaired) electrons. The van der Waals surface area contributed by atoms with Crippen LogP contribution in [-0.2, 0) is 6.54 Å². The van der Waals surface area contributed by atoms with Gasteiger partial charge in [-0.15, -0.1) is 11.3 Å². The van der Waals surface area contributed by atoms with E-state index >= 15 is 0 Å². The minimum absolute atomic E-state index is 0.169. The van der Waals surface area contributed by atoms with Gasteiger partial charge in [-0.1, -0.05) is 36.4 Å². The molecule has 1 aliphatic heterocycles. The van der Waals surface area contributed by atoms with Crippen molar-refractivity contribution in [3.8, 4) is 6.07 Å². The SMILES string of the molecule is N#CCN1CCCC1c1cccc(Nc2nc(C(=O)NCc3ccccc3)cs2)n1. The molecule has 8 heteroatoms. The zero-order valence-corrected chi connectivity index (χ0v) is 17.2. The average Bonchev–Trinajstić information content (AvgIpc) is 3.43. The van der Waals surface area contributed by atoms with Crippen molar-refractivity contribution >= 4 is 28.2 Å². The number of aromatic nitrogens is 2. The van der Waals surface area contributed by atoms with E-state index in [1.807, 2.05) is 48.5 Å². The van der Waals surface area contributed by atoms with Gasteiger partial charge in [0.2, 0.25) is 0 Å². The smallest absolute Gasteiger partial charge is 0.271 e. The molecule has 1 saturated heterocycles. The molecule has 4 rings (SSSR count). The van der Waals surface area contributed by atoms with Crippen molar-refractivity contribution in [1.29, 1.82) is 5.26 Å². The van der Waals surface area contributed by atoms with Crippen LogP contribution in [-0.4, -0.2) is 33.9 Å². The largest absolute Gasteiger partial charge is 0.347 e. The Morgan fingerprint density at radius 2 is 2.07 bits per heavy atom. The number of hydrogen-bond donors (Lipinski definition) is 2. The minimum atomic E-state index is -0.206. The summed E-state index contributed by atoms with van der Waals surface area (Å²) in [7, 11) is 0. The van der Waals surface area contributed by atoms with Gasteiger partial charge in [0.25, 0.3) is 5.91 Å². The zero-order valence-electron chi connectivity index (χ0n) is 16.4. The number of likely N-dealkylation sites (tertiary alicyclic amines) is 1. The lowest BCUT2D eigenvalue weighted by atomic mass is 10.1. The summed E-state index contributed by atoms with van der Waals surface area (Å²) < 4.78 is 0. The maximum Gasteiger partial charge on any atom is 0.271 e. The first-order valence-corrected chi connectivity index (χ1v) is 10.7. The van der Waals surface area contributed by atoms with Crippen molar-refractivity contribution in [2.75, 3.05) is 18.4 Å². The van der Waals surface area contributed by atoms with E-state index in [9.17, 15) is 4.79 Å². The Morgan fingerprint density at radius 1 is 1.20 bits per heavy atom. The van der Waals surface area contributed by atoms with E-state index in [4.69, 9.17) is 10.2 Å². The number of hydrogen-bond acceptors (Lipinski definition) is 7. The molecular weight excluding hydrogens is 396 g/mol. The summed E-state index contributed by atoms with van der Waals surface area (Å²) in [4.78, 5) is 23.6. The number of carbonyl (C=O) groups is 1. The summed E-state index contributed by atoms with van der Waals surface area (Å²) >= 11 is 1.36. The monoisotopic (exact) mass is 418 g/mol. The maximum absolute atomic E-state index is 12.4. The Kier molecular flexibility index (Phi) is 6.32. The number of amides is 1.